The molecule has 0 fully saturated rings. The second-order valence-corrected chi connectivity index (χ2v) is 6.37. The van der Waals surface area contributed by atoms with Crippen LogP contribution < -0.4 is 10.6 Å². The monoisotopic (exact) mass is 358 g/mol. The van der Waals surface area contributed by atoms with E-state index in [1.54, 1.807) is 36.8 Å². The number of thiophene rings is 1. The molecule has 1 aromatic carbocycles. The predicted octanol–water partition coefficient (Wildman–Crippen LogP) is 3.45. The lowest BCUT2D eigenvalue weighted by Gasteiger charge is -2.10. The topological polar surface area (TPSA) is 62.5 Å². The average molecular weight is 358 g/mol. The summed E-state index contributed by atoms with van der Waals surface area (Å²) in [6.07, 6.45) is 2.33. The Morgan fingerprint density at radius 3 is 2.80 bits per heavy atom. The minimum atomic E-state index is -0.277. The lowest BCUT2D eigenvalue weighted by molar-refractivity contribution is 0.571. The number of hydrogen-bond donors (Lipinski definition) is 2. The number of benzene rings is 1. The highest BCUT2D eigenvalue weighted by atomic mass is 32.1. The summed E-state index contributed by atoms with van der Waals surface area (Å²) >= 11 is 1.71. The average Bonchev–Trinajstić information content (AvgIpc) is 3.30. The summed E-state index contributed by atoms with van der Waals surface area (Å²) in [5.41, 5.74) is 1.59. The van der Waals surface area contributed by atoms with Gasteiger partial charge in [-0.1, -0.05) is 6.07 Å². The molecular formula is C18H19FN4OS. The summed E-state index contributed by atoms with van der Waals surface area (Å²) in [7, 11) is 1.74. The predicted molar refractivity (Wildman–Crippen MR) is 98.1 cm³/mol. The Balaban J connectivity index is 1.47. The number of guanidine groups is 1. The highest BCUT2D eigenvalue weighted by Gasteiger charge is 2.07. The van der Waals surface area contributed by atoms with Crippen molar-refractivity contribution in [3.05, 3.63) is 64.4 Å². The highest BCUT2D eigenvalue weighted by molar-refractivity contribution is 7.09. The van der Waals surface area contributed by atoms with Crippen LogP contribution in [0.2, 0.25) is 0 Å². The molecule has 0 spiro atoms. The van der Waals surface area contributed by atoms with Crippen molar-refractivity contribution in [1.82, 2.24) is 15.6 Å². The zero-order valence-electron chi connectivity index (χ0n) is 13.8. The molecule has 2 heterocycles. The Morgan fingerprint density at radius 1 is 1.24 bits per heavy atom. The number of aliphatic imine (C=N–C) groups is 1. The van der Waals surface area contributed by atoms with Crippen molar-refractivity contribution in [3.8, 4) is 11.5 Å². The second kappa shape index (κ2) is 8.43. The third kappa shape index (κ3) is 4.90. The third-order valence-electron chi connectivity index (χ3n) is 3.55. The van der Waals surface area contributed by atoms with Gasteiger partial charge in [-0.05, 0) is 35.7 Å². The molecule has 0 aliphatic rings. The van der Waals surface area contributed by atoms with Crippen LogP contribution in [0.3, 0.4) is 0 Å². The minimum absolute atomic E-state index is 0.277. The van der Waals surface area contributed by atoms with Gasteiger partial charge in [0.25, 0.3) is 0 Å². The zero-order chi connectivity index (χ0) is 17.5. The van der Waals surface area contributed by atoms with E-state index < -0.39 is 0 Å². The molecule has 0 radical (unpaired) electrons. The molecule has 2 N–H and O–H groups in total. The van der Waals surface area contributed by atoms with Crippen molar-refractivity contribution in [3.63, 3.8) is 0 Å². The summed E-state index contributed by atoms with van der Waals surface area (Å²) in [5.74, 6) is 0.965. The standard InChI is InChI=1S/C18H19FN4OS/c1-20-18(22-11-16-3-2-10-25-16)21-9-8-15-12-24-17(23-15)13-4-6-14(19)7-5-13/h2-7,10,12H,8-9,11H2,1H3,(H2,20,21,22). The number of aromatic nitrogens is 1. The van der Waals surface area contributed by atoms with E-state index >= 15 is 0 Å². The van der Waals surface area contributed by atoms with Crippen molar-refractivity contribution < 1.29 is 8.81 Å². The molecular weight excluding hydrogens is 339 g/mol. The molecule has 0 saturated carbocycles. The maximum Gasteiger partial charge on any atom is 0.226 e. The highest BCUT2D eigenvalue weighted by Crippen LogP contribution is 2.18. The van der Waals surface area contributed by atoms with Crippen LogP contribution in [0.1, 0.15) is 10.6 Å². The van der Waals surface area contributed by atoms with Gasteiger partial charge in [0.1, 0.15) is 12.1 Å². The SMILES string of the molecule is CN=C(NCCc1coc(-c2ccc(F)cc2)n1)NCc1cccs1. The Bertz CT molecular complexity index is 812. The van der Waals surface area contributed by atoms with Crippen LogP contribution in [-0.2, 0) is 13.0 Å². The summed E-state index contributed by atoms with van der Waals surface area (Å²) in [5, 5.41) is 8.57. The van der Waals surface area contributed by atoms with Gasteiger partial charge in [0.05, 0.1) is 12.2 Å². The Labute approximate surface area is 149 Å². The Hall–Kier alpha value is -2.67. The van der Waals surface area contributed by atoms with Crippen molar-refractivity contribution in [1.29, 1.82) is 0 Å². The maximum absolute atomic E-state index is 13.0. The number of nitrogens with zero attached hydrogens (tertiary/aromatic N) is 2. The van der Waals surface area contributed by atoms with Crippen LogP contribution >= 0.6 is 11.3 Å². The molecule has 130 valence electrons. The number of oxazole rings is 1. The zero-order valence-corrected chi connectivity index (χ0v) is 14.6. The first-order valence-electron chi connectivity index (χ1n) is 7.92. The Morgan fingerprint density at radius 2 is 2.08 bits per heavy atom. The van der Waals surface area contributed by atoms with Crippen LogP contribution in [0.25, 0.3) is 11.5 Å². The molecule has 0 saturated heterocycles. The molecule has 3 aromatic rings. The first kappa shape index (κ1) is 17.2. The van der Waals surface area contributed by atoms with E-state index in [1.165, 1.54) is 17.0 Å². The van der Waals surface area contributed by atoms with Crippen molar-refractivity contribution in [2.45, 2.75) is 13.0 Å². The van der Waals surface area contributed by atoms with Gasteiger partial charge in [-0.2, -0.15) is 0 Å². The van der Waals surface area contributed by atoms with Gasteiger partial charge in [0.15, 0.2) is 5.96 Å². The van der Waals surface area contributed by atoms with E-state index in [0.29, 0.717) is 18.9 Å². The third-order valence-corrected chi connectivity index (χ3v) is 4.43. The van der Waals surface area contributed by atoms with E-state index in [2.05, 4.69) is 32.1 Å². The molecule has 0 unspecified atom stereocenters. The van der Waals surface area contributed by atoms with E-state index in [-0.39, 0.29) is 5.82 Å². The van der Waals surface area contributed by atoms with Gasteiger partial charge in [0, 0.05) is 30.5 Å². The minimum Gasteiger partial charge on any atom is -0.444 e. The molecule has 0 atom stereocenters. The number of nitrogens with one attached hydrogen (secondary N) is 2. The number of rotatable bonds is 6. The van der Waals surface area contributed by atoms with E-state index in [4.69, 9.17) is 4.42 Å². The van der Waals surface area contributed by atoms with Gasteiger partial charge in [-0.25, -0.2) is 9.37 Å². The maximum atomic E-state index is 13.0. The molecule has 0 amide bonds. The fourth-order valence-electron chi connectivity index (χ4n) is 2.26. The van der Waals surface area contributed by atoms with Gasteiger partial charge in [0.2, 0.25) is 5.89 Å². The van der Waals surface area contributed by atoms with Crippen LogP contribution in [-0.4, -0.2) is 24.5 Å². The smallest absolute Gasteiger partial charge is 0.226 e. The fraction of sp³-hybridized carbons (Fsp3) is 0.222. The van der Waals surface area contributed by atoms with E-state index in [0.717, 1.165) is 23.8 Å². The summed E-state index contributed by atoms with van der Waals surface area (Å²) in [4.78, 5) is 9.88. The van der Waals surface area contributed by atoms with Crippen LogP contribution in [0.5, 0.6) is 0 Å². The number of hydrogen-bond acceptors (Lipinski definition) is 4. The van der Waals surface area contributed by atoms with E-state index in [1.807, 2.05) is 6.07 Å². The van der Waals surface area contributed by atoms with Crippen molar-refractivity contribution in [2.24, 2.45) is 4.99 Å². The quantitative estimate of drug-likeness (QED) is 0.523. The largest absolute Gasteiger partial charge is 0.444 e. The number of halogens is 1. The fourth-order valence-corrected chi connectivity index (χ4v) is 2.91. The van der Waals surface area contributed by atoms with Gasteiger partial charge >= 0.3 is 0 Å². The first-order valence-corrected chi connectivity index (χ1v) is 8.80. The lowest BCUT2D eigenvalue weighted by Crippen LogP contribution is -2.37. The summed E-state index contributed by atoms with van der Waals surface area (Å²) in [6.45, 7) is 1.43. The molecule has 7 heteroatoms. The summed E-state index contributed by atoms with van der Waals surface area (Å²) < 4.78 is 18.4. The second-order valence-electron chi connectivity index (χ2n) is 5.33. The van der Waals surface area contributed by atoms with Gasteiger partial charge in [-0.3, -0.25) is 4.99 Å². The molecule has 25 heavy (non-hydrogen) atoms. The van der Waals surface area contributed by atoms with Gasteiger partial charge < -0.3 is 15.1 Å². The van der Waals surface area contributed by atoms with E-state index in [9.17, 15) is 4.39 Å². The molecule has 0 aliphatic heterocycles. The first-order chi connectivity index (χ1) is 12.2. The van der Waals surface area contributed by atoms with Crippen molar-refractivity contribution in [2.75, 3.05) is 13.6 Å². The molecule has 0 aliphatic carbocycles. The summed E-state index contributed by atoms with van der Waals surface area (Å²) in [6, 6.07) is 10.2. The molecule has 5 nitrogen and oxygen atoms in total. The van der Waals surface area contributed by atoms with Crippen LogP contribution in [0.4, 0.5) is 4.39 Å². The molecule has 3 rings (SSSR count). The van der Waals surface area contributed by atoms with Crippen molar-refractivity contribution >= 4 is 17.3 Å². The van der Waals surface area contributed by atoms with Gasteiger partial charge in [-0.15, -0.1) is 11.3 Å². The Kier molecular flexibility index (Phi) is 5.79. The molecule has 0 bridgehead atoms. The van der Waals surface area contributed by atoms with Crippen LogP contribution in [0.15, 0.2) is 57.5 Å². The lowest BCUT2D eigenvalue weighted by atomic mass is 10.2. The molecule has 2 aromatic heterocycles. The normalized spacial score (nSPS) is 11.5. The van der Waals surface area contributed by atoms with Crippen LogP contribution in [0, 0.1) is 5.82 Å².